The van der Waals surface area contributed by atoms with Crippen LogP contribution in [0.2, 0.25) is 0 Å². The Bertz CT molecular complexity index is 718. The molecule has 1 aromatic carbocycles. The fourth-order valence-electron chi connectivity index (χ4n) is 2.73. The fraction of sp³-hybridized carbons (Fsp3) is 0.500. The molecule has 0 atom stereocenters. The van der Waals surface area contributed by atoms with Crippen LogP contribution in [0.4, 0.5) is 4.79 Å². The smallest absolute Gasteiger partial charge is 0.318 e. The Morgan fingerprint density at radius 3 is 2.44 bits per heavy atom. The summed E-state index contributed by atoms with van der Waals surface area (Å²) in [7, 11) is -3.51. The molecule has 8 nitrogen and oxygen atoms in total. The summed E-state index contributed by atoms with van der Waals surface area (Å²) in [5.41, 5.74) is 5.91. The molecule has 1 aliphatic rings. The van der Waals surface area contributed by atoms with Crippen molar-refractivity contribution < 1.29 is 18.0 Å². The van der Waals surface area contributed by atoms with Gasteiger partial charge in [0.15, 0.2) is 0 Å². The normalized spacial score (nSPS) is 17.0. The number of nitrogens with two attached hydrogens (primary N) is 1. The summed E-state index contributed by atoms with van der Waals surface area (Å²) in [6, 6.07) is 5.96. The van der Waals surface area contributed by atoms with Gasteiger partial charge in [0, 0.05) is 32.6 Å². The Morgan fingerprint density at radius 2 is 1.80 bits per heavy atom. The molecule has 1 saturated heterocycles. The maximum atomic E-state index is 12.7. The zero-order chi connectivity index (χ0) is 18.4. The highest BCUT2D eigenvalue weighted by Crippen LogP contribution is 2.18. The van der Waals surface area contributed by atoms with Crippen molar-refractivity contribution in [3.05, 3.63) is 29.8 Å². The molecule has 2 rings (SSSR count). The highest BCUT2D eigenvalue weighted by molar-refractivity contribution is 7.89. The van der Waals surface area contributed by atoms with Crippen LogP contribution in [-0.4, -0.2) is 62.3 Å². The summed E-state index contributed by atoms with van der Waals surface area (Å²) in [5, 5.41) is 2.02. The Kier molecular flexibility index (Phi) is 6.51. The lowest BCUT2D eigenvalue weighted by molar-refractivity contribution is -0.120. The summed E-state index contributed by atoms with van der Waals surface area (Å²) in [6.07, 6.45) is 0.830. The number of hydrogen-bond donors (Lipinski definition) is 2. The summed E-state index contributed by atoms with van der Waals surface area (Å²) in [5.74, 6) is -0.430. The van der Waals surface area contributed by atoms with E-state index in [1.807, 2.05) is 17.1 Å². The monoisotopic (exact) mass is 368 g/mol. The molecule has 0 aromatic heterocycles. The second-order valence-electron chi connectivity index (χ2n) is 6.07. The number of amides is 3. The van der Waals surface area contributed by atoms with Gasteiger partial charge in [0.2, 0.25) is 15.9 Å². The molecule has 0 radical (unpaired) electrons. The van der Waals surface area contributed by atoms with Crippen LogP contribution in [0.5, 0.6) is 0 Å². The molecule has 0 bridgehead atoms. The number of rotatable bonds is 5. The molecule has 0 aliphatic carbocycles. The highest BCUT2D eigenvalue weighted by atomic mass is 32.2. The van der Waals surface area contributed by atoms with Crippen LogP contribution >= 0.6 is 0 Å². The maximum Gasteiger partial charge on any atom is 0.318 e. The number of carbonyl (C=O) groups is 2. The molecular weight excluding hydrogens is 344 g/mol. The van der Waals surface area contributed by atoms with Crippen molar-refractivity contribution in [2.75, 3.05) is 32.7 Å². The molecule has 138 valence electrons. The first-order valence-corrected chi connectivity index (χ1v) is 9.61. The summed E-state index contributed by atoms with van der Waals surface area (Å²) in [4.78, 5) is 24.4. The molecular formula is C16H24N4O4S. The molecule has 1 aromatic rings. The number of hydrogen-bond acceptors (Lipinski definition) is 5. The molecule has 25 heavy (non-hydrogen) atoms. The number of benzene rings is 1. The van der Waals surface area contributed by atoms with Crippen molar-refractivity contribution in [1.29, 1.82) is 0 Å². The van der Waals surface area contributed by atoms with Gasteiger partial charge in [0.1, 0.15) is 0 Å². The molecule has 1 fully saturated rings. The number of sulfonamides is 1. The summed E-state index contributed by atoms with van der Waals surface area (Å²) < 4.78 is 27.0. The van der Waals surface area contributed by atoms with Crippen LogP contribution in [0, 0.1) is 6.92 Å². The van der Waals surface area contributed by atoms with Gasteiger partial charge in [-0.15, -0.1) is 0 Å². The second kappa shape index (κ2) is 8.41. The number of nitrogens with zero attached hydrogens (tertiary/aromatic N) is 2. The van der Waals surface area contributed by atoms with E-state index in [1.165, 1.54) is 4.31 Å². The van der Waals surface area contributed by atoms with Crippen molar-refractivity contribution in [3.8, 4) is 0 Å². The van der Waals surface area contributed by atoms with Gasteiger partial charge < -0.3 is 10.6 Å². The molecule has 1 heterocycles. The van der Waals surface area contributed by atoms with Crippen LogP contribution in [0.1, 0.15) is 18.4 Å². The molecule has 9 heteroatoms. The maximum absolute atomic E-state index is 12.7. The predicted molar refractivity (Wildman–Crippen MR) is 93.3 cm³/mol. The summed E-state index contributed by atoms with van der Waals surface area (Å²) in [6.45, 7) is 4.42. The van der Waals surface area contributed by atoms with Gasteiger partial charge in [-0.05, 0) is 32.0 Å². The SMILES string of the molecule is Cc1ccc(S(=O)(=O)N2CCCN(CCC(=O)NC(N)=O)CC2)cc1. The Labute approximate surface area is 148 Å². The average Bonchev–Trinajstić information content (AvgIpc) is 2.79. The van der Waals surface area contributed by atoms with E-state index in [4.69, 9.17) is 5.73 Å². The van der Waals surface area contributed by atoms with Gasteiger partial charge in [0.05, 0.1) is 4.90 Å². The zero-order valence-corrected chi connectivity index (χ0v) is 15.1. The fourth-order valence-corrected chi connectivity index (χ4v) is 4.20. The van der Waals surface area contributed by atoms with Crippen molar-refractivity contribution in [2.24, 2.45) is 5.73 Å². The van der Waals surface area contributed by atoms with Crippen molar-refractivity contribution in [3.63, 3.8) is 0 Å². The van der Waals surface area contributed by atoms with Gasteiger partial charge in [-0.25, -0.2) is 13.2 Å². The van der Waals surface area contributed by atoms with Crippen LogP contribution in [0.25, 0.3) is 0 Å². The Hall–Kier alpha value is -1.97. The lowest BCUT2D eigenvalue weighted by atomic mass is 10.2. The number of aryl methyl sites for hydroxylation is 1. The highest BCUT2D eigenvalue weighted by Gasteiger charge is 2.26. The van der Waals surface area contributed by atoms with E-state index in [9.17, 15) is 18.0 Å². The van der Waals surface area contributed by atoms with E-state index < -0.39 is 22.0 Å². The van der Waals surface area contributed by atoms with E-state index in [0.717, 1.165) is 5.56 Å². The molecule has 0 spiro atoms. The number of urea groups is 1. The van der Waals surface area contributed by atoms with E-state index in [1.54, 1.807) is 24.3 Å². The first kappa shape index (κ1) is 19.4. The first-order chi connectivity index (χ1) is 11.8. The predicted octanol–water partition coefficient (Wildman–Crippen LogP) is 0.276. The first-order valence-electron chi connectivity index (χ1n) is 8.17. The topological polar surface area (TPSA) is 113 Å². The van der Waals surface area contributed by atoms with Crippen molar-refractivity contribution >= 4 is 22.0 Å². The lowest BCUT2D eigenvalue weighted by Crippen LogP contribution is -2.38. The van der Waals surface area contributed by atoms with E-state index >= 15 is 0 Å². The van der Waals surface area contributed by atoms with Gasteiger partial charge in [-0.2, -0.15) is 4.31 Å². The third-order valence-electron chi connectivity index (χ3n) is 4.12. The molecule has 0 saturated carbocycles. The summed E-state index contributed by atoms with van der Waals surface area (Å²) >= 11 is 0. The van der Waals surface area contributed by atoms with E-state index in [2.05, 4.69) is 0 Å². The molecule has 3 amide bonds. The van der Waals surface area contributed by atoms with Gasteiger partial charge in [-0.3, -0.25) is 10.1 Å². The zero-order valence-electron chi connectivity index (χ0n) is 14.3. The molecule has 0 unspecified atom stereocenters. The number of nitrogens with one attached hydrogen (secondary N) is 1. The molecule has 1 aliphatic heterocycles. The van der Waals surface area contributed by atoms with Crippen LogP contribution in [0.3, 0.4) is 0 Å². The van der Waals surface area contributed by atoms with Gasteiger partial charge in [-0.1, -0.05) is 17.7 Å². The van der Waals surface area contributed by atoms with E-state index in [-0.39, 0.29) is 6.42 Å². The number of carbonyl (C=O) groups excluding carboxylic acids is 2. The van der Waals surface area contributed by atoms with Gasteiger partial charge in [0.25, 0.3) is 0 Å². The minimum Gasteiger partial charge on any atom is -0.351 e. The van der Waals surface area contributed by atoms with Crippen LogP contribution in [-0.2, 0) is 14.8 Å². The van der Waals surface area contributed by atoms with Crippen LogP contribution < -0.4 is 11.1 Å². The minimum atomic E-state index is -3.51. The number of primary amides is 1. The third-order valence-corrected chi connectivity index (χ3v) is 6.04. The lowest BCUT2D eigenvalue weighted by Gasteiger charge is -2.21. The minimum absolute atomic E-state index is 0.146. The van der Waals surface area contributed by atoms with Crippen molar-refractivity contribution in [2.45, 2.75) is 24.7 Å². The third kappa shape index (κ3) is 5.52. The Balaban J connectivity index is 1.93. The standard InChI is InChI=1S/C16H24N4O4S/c1-13-3-5-14(6-4-13)25(23,24)20-9-2-8-19(11-12-20)10-7-15(21)18-16(17)22/h3-6H,2,7-12H2,1H3,(H3,17,18,21,22). The van der Waals surface area contributed by atoms with Crippen LogP contribution in [0.15, 0.2) is 29.2 Å². The molecule has 3 N–H and O–H groups in total. The van der Waals surface area contributed by atoms with Gasteiger partial charge >= 0.3 is 6.03 Å². The quantitative estimate of drug-likeness (QED) is 0.775. The number of imide groups is 1. The van der Waals surface area contributed by atoms with E-state index in [0.29, 0.717) is 44.0 Å². The second-order valence-corrected chi connectivity index (χ2v) is 8.01. The van der Waals surface area contributed by atoms with Crippen molar-refractivity contribution in [1.82, 2.24) is 14.5 Å². The Morgan fingerprint density at radius 1 is 1.12 bits per heavy atom. The average molecular weight is 368 g/mol. The largest absolute Gasteiger partial charge is 0.351 e.